The van der Waals surface area contributed by atoms with Crippen LogP contribution in [0.4, 0.5) is 11.8 Å². The van der Waals surface area contributed by atoms with Crippen LogP contribution in [0.1, 0.15) is 26.7 Å². The second-order valence-corrected chi connectivity index (χ2v) is 4.77. The molecule has 2 rings (SSSR count). The van der Waals surface area contributed by atoms with Gasteiger partial charge in [-0.05, 0) is 18.8 Å². The van der Waals surface area contributed by atoms with Crippen LogP contribution in [0.5, 0.6) is 5.88 Å². The van der Waals surface area contributed by atoms with Gasteiger partial charge in [0.05, 0.1) is 7.11 Å². The number of hydrogen-bond acceptors (Lipinski definition) is 5. The number of nitrogen functional groups attached to an aromatic ring is 1. The summed E-state index contributed by atoms with van der Waals surface area (Å²) >= 11 is 0. The summed E-state index contributed by atoms with van der Waals surface area (Å²) in [5.41, 5.74) is 5.70. The maximum absolute atomic E-state index is 5.70. The van der Waals surface area contributed by atoms with Crippen LogP contribution in [0.15, 0.2) is 6.07 Å². The van der Waals surface area contributed by atoms with Crippen LogP contribution >= 0.6 is 0 Å². The van der Waals surface area contributed by atoms with E-state index >= 15 is 0 Å². The number of ether oxygens (including phenoxy) is 1. The van der Waals surface area contributed by atoms with Gasteiger partial charge in [-0.3, -0.25) is 0 Å². The summed E-state index contributed by atoms with van der Waals surface area (Å²) < 4.78 is 5.13. The highest BCUT2D eigenvalue weighted by Gasteiger charge is 2.28. The Morgan fingerprint density at radius 1 is 1.47 bits per heavy atom. The maximum atomic E-state index is 5.70. The van der Waals surface area contributed by atoms with E-state index in [-0.39, 0.29) is 5.95 Å². The minimum absolute atomic E-state index is 0.272. The first-order valence-electron chi connectivity index (χ1n) is 6.07. The van der Waals surface area contributed by atoms with E-state index in [0.717, 1.165) is 12.4 Å². The zero-order valence-corrected chi connectivity index (χ0v) is 10.7. The van der Waals surface area contributed by atoms with Crippen LogP contribution in [0.3, 0.4) is 0 Å². The molecule has 17 heavy (non-hydrogen) atoms. The highest BCUT2D eigenvalue weighted by atomic mass is 16.5. The normalized spacial score (nSPS) is 20.0. The Morgan fingerprint density at radius 2 is 2.24 bits per heavy atom. The second-order valence-electron chi connectivity index (χ2n) is 4.77. The maximum Gasteiger partial charge on any atom is 0.225 e. The Morgan fingerprint density at radius 3 is 2.88 bits per heavy atom. The summed E-state index contributed by atoms with van der Waals surface area (Å²) in [6.07, 6.45) is 2.42. The first kappa shape index (κ1) is 12.0. The zero-order valence-electron chi connectivity index (χ0n) is 10.7. The van der Waals surface area contributed by atoms with Crippen molar-refractivity contribution < 1.29 is 4.74 Å². The van der Waals surface area contributed by atoms with Gasteiger partial charge >= 0.3 is 0 Å². The van der Waals surface area contributed by atoms with Crippen LogP contribution in [-0.2, 0) is 0 Å². The second kappa shape index (κ2) is 4.77. The minimum atomic E-state index is 0.272. The fraction of sp³-hybridized carbons (Fsp3) is 0.667. The summed E-state index contributed by atoms with van der Waals surface area (Å²) in [6.45, 7) is 5.51. The molecule has 1 unspecified atom stereocenters. The van der Waals surface area contributed by atoms with Gasteiger partial charge in [0.1, 0.15) is 5.82 Å². The molecule has 0 bridgehead atoms. The number of rotatable bonds is 3. The van der Waals surface area contributed by atoms with Gasteiger partial charge in [-0.15, -0.1) is 0 Å². The topological polar surface area (TPSA) is 64.3 Å². The summed E-state index contributed by atoms with van der Waals surface area (Å²) in [7, 11) is 1.59. The van der Waals surface area contributed by atoms with Crippen molar-refractivity contribution in [3.05, 3.63) is 6.07 Å². The molecule has 0 spiro atoms. The predicted octanol–water partition coefficient (Wildman–Crippen LogP) is 1.69. The number of hydrogen-bond donors (Lipinski definition) is 1. The van der Waals surface area contributed by atoms with Gasteiger partial charge in [-0.25, -0.2) is 0 Å². The molecule has 0 aliphatic carbocycles. The summed E-state index contributed by atoms with van der Waals surface area (Å²) in [5, 5.41) is 0. The molecule has 1 atom stereocenters. The van der Waals surface area contributed by atoms with E-state index in [4.69, 9.17) is 10.5 Å². The molecule has 0 aromatic carbocycles. The lowest BCUT2D eigenvalue weighted by Gasteiger charge is -2.28. The highest BCUT2D eigenvalue weighted by molar-refractivity contribution is 5.47. The average Bonchev–Trinajstić information content (AvgIpc) is 2.77. The average molecular weight is 236 g/mol. The Hall–Kier alpha value is -1.52. The molecule has 1 aliphatic rings. The molecule has 1 aliphatic heterocycles. The Kier molecular flexibility index (Phi) is 3.36. The SMILES string of the molecule is COc1cc(N2CCCC2C(C)C)nc(N)n1. The molecule has 0 amide bonds. The molecular weight excluding hydrogens is 216 g/mol. The molecule has 1 fully saturated rings. The van der Waals surface area contributed by atoms with Crippen LogP contribution in [-0.4, -0.2) is 29.7 Å². The molecule has 0 radical (unpaired) electrons. The van der Waals surface area contributed by atoms with Crippen LogP contribution in [0, 0.1) is 5.92 Å². The smallest absolute Gasteiger partial charge is 0.225 e. The van der Waals surface area contributed by atoms with Crippen LogP contribution in [0.2, 0.25) is 0 Å². The lowest BCUT2D eigenvalue weighted by molar-refractivity contribution is 0.397. The summed E-state index contributed by atoms with van der Waals surface area (Å²) in [4.78, 5) is 10.6. The molecule has 94 valence electrons. The standard InChI is InChI=1S/C12H20N4O/c1-8(2)9-5-4-6-16(9)10-7-11(17-3)15-12(13)14-10/h7-9H,4-6H2,1-3H3,(H2,13,14,15). The number of methoxy groups -OCH3 is 1. The molecule has 1 aromatic heterocycles. The molecular formula is C12H20N4O. The quantitative estimate of drug-likeness (QED) is 0.865. The molecule has 2 heterocycles. The van der Waals surface area contributed by atoms with E-state index in [1.807, 2.05) is 6.07 Å². The van der Waals surface area contributed by atoms with E-state index < -0.39 is 0 Å². The first-order valence-corrected chi connectivity index (χ1v) is 6.07. The van der Waals surface area contributed by atoms with E-state index in [2.05, 4.69) is 28.7 Å². The molecule has 5 heteroatoms. The zero-order chi connectivity index (χ0) is 12.4. The van der Waals surface area contributed by atoms with Crippen molar-refractivity contribution in [2.75, 3.05) is 24.3 Å². The van der Waals surface area contributed by atoms with Crippen LogP contribution < -0.4 is 15.4 Å². The first-order chi connectivity index (χ1) is 8.11. The van der Waals surface area contributed by atoms with Crippen molar-refractivity contribution in [3.63, 3.8) is 0 Å². The van der Waals surface area contributed by atoms with Crippen LogP contribution in [0.25, 0.3) is 0 Å². The third-order valence-electron chi connectivity index (χ3n) is 3.28. The van der Waals surface area contributed by atoms with E-state index in [9.17, 15) is 0 Å². The van der Waals surface area contributed by atoms with Gasteiger partial charge in [0.2, 0.25) is 11.8 Å². The lowest BCUT2D eigenvalue weighted by atomic mass is 10.0. The minimum Gasteiger partial charge on any atom is -0.481 e. The van der Waals surface area contributed by atoms with Crippen molar-refractivity contribution >= 4 is 11.8 Å². The highest BCUT2D eigenvalue weighted by Crippen LogP contribution is 2.30. The van der Waals surface area contributed by atoms with Gasteiger partial charge in [0, 0.05) is 18.7 Å². The van der Waals surface area contributed by atoms with Crippen molar-refractivity contribution in [1.82, 2.24) is 9.97 Å². The Bertz CT molecular complexity index is 394. The van der Waals surface area contributed by atoms with E-state index in [0.29, 0.717) is 17.8 Å². The monoisotopic (exact) mass is 236 g/mol. The van der Waals surface area contributed by atoms with Crippen molar-refractivity contribution in [2.45, 2.75) is 32.7 Å². The van der Waals surface area contributed by atoms with Crippen molar-refractivity contribution in [3.8, 4) is 5.88 Å². The predicted molar refractivity (Wildman–Crippen MR) is 68.2 cm³/mol. The van der Waals surface area contributed by atoms with Gasteiger partial charge in [-0.1, -0.05) is 13.8 Å². The third kappa shape index (κ3) is 2.43. The summed E-state index contributed by atoms with van der Waals surface area (Å²) in [5.74, 6) is 2.29. The van der Waals surface area contributed by atoms with Crippen molar-refractivity contribution in [1.29, 1.82) is 0 Å². The largest absolute Gasteiger partial charge is 0.481 e. The van der Waals surface area contributed by atoms with Gasteiger partial charge in [0.25, 0.3) is 0 Å². The molecule has 1 aromatic rings. The van der Waals surface area contributed by atoms with E-state index in [1.165, 1.54) is 12.8 Å². The van der Waals surface area contributed by atoms with E-state index in [1.54, 1.807) is 7.11 Å². The van der Waals surface area contributed by atoms with Crippen molar-refractivity contribution in [2.24, 2.45) is 5.92 Å². The fourth-order valence-electron chi connectivity index (χ4n) is 2.45. The molecule has 1 saturated heterocycles. The lowest BCUT2D eigenvalue weighted by Crippen LogP contribution is -2.34. The fourth-order valence-corrected chi connectivity index (χ4v) is 2.45. The number of nitrogens with two attached hydrogens (primary N) is 1. The number of aromatic nitrogens is 2. The third-order valence-corrected chi connectivity index (χ3v) is 3.28. The number of anilines is 2. The molecule has 2 N–H and O–H groups in total. The Labute approximate surface area is 102 Å². The molecule has 5 nitrogen and oxygen atoms in total. The van der Waals surface area contributed by atoms with Gasteiger partial charge in [0.15, 0.2) is 0 Å². The summed E-state index contributed by atoms with van der Waals surface area (Å²) in [6, 6.07) is 2.39. The van der Waals surface area contributed by atoms with Gasteiger partial charge < -0.3 is 15.4 Å². The van der Waals surface area contributed by atoms with Gasteiger partial charge in [-0.2, -0.15) is 9.97 Å². The molecule has 0 saturated carbocycles. The Balaban J connectivity index is 2.29. The number of nitrogens with zero attached hydrogens (tertiary/aromatic N) is 3.